The predicted molar refractivity (Wildman–Crippen MR) is 116 cm³/mol. The molecule has 4 aromatic carbocycles. The minimum atomic E-state index is -0.702. The Bertz CT molecular complexity index is 932. The maximum atomic E-state index is 11.7. The van der Waals surface area contributed by atoms with Crippen molar-refractivity contribution in [3.63, 3.8) is 0 Å². The first-order valence-electron chi connectivity index (χ1n) is 9.68. The number of benzene rings is 4. The van der Waals surface area contributed by atoms with Crippen LogP contribution in [0.5, 0.6) is 0 Å². The summed E-state index contributed by atoms with van der Waals surface area (Å²) in [5.74, 6) is 0. The molecule has 0 radical (unpaired) electrons. The van der Waals surface area contributed by atoms with Crippen molar-refractivity contribution < 1.29 is 9.53 Å². The normalized spacial score (nSPS) is 12.1. The van der Waals surface area contributed by atoms with E-state index < -0.39 is 11.5 Å². The molecule has 0 aliphatic carbocycles. The molecule has 0 N–H and O–H groups in total. The van der Waals surface area contributed by atoms with Crippen molar-refractivity contribution >= 4 is 6.47 Å². The molecule has 1 atom stereocenters. The molecule has 0 aromatic heterocycles. The van der Waals surface area contributed by atoms with Crippen LogP contribution in [0.4, 0.5) is 0 Å². The predicted octanol–water partition coefficient (Wildman–Crippen LogP) is 5.94. The third-order valence-corrected chi connectivity index (χ3v) is 5.37. The fourth-order valence-electron chi connectivity index (χ4n) is 4.17. The zero-order chi connectivity index (χ0) is 19.9. The Morgan fingerprint density at radius 1 is 0.552 bits per heavy atom. The summed E-state index contributed by atoms with van der Waals surface area (Å²) in [6, 6.07) is 40.7. The highest BCUT2D eigenvalue weighted by Gasteiger charge is 2.46. The van der Waals surface area contributed by atoms with Gasteiger partial charge in [0.05, 0.1) is 5.41 Å². The summed E-state index contributed by atoms with van der Waals surface area (Å²) in [6.07, 6.45) is -0.534. The molecule has 1 unspecified atom stereocenters. The number of carbonyl (C=O) groups is 1. The Morgan fingerprint density at radius 3 is 1.24 bits per heavy atom. The van der Waals surface area contributed by atoms with Crippen LogP contribution in [0.3, 0.4) is 0 Å². The van der Waals surface area contributed by atoms with Crippen LogP contribution in [0.2, 0.25) is 0 Å². The summed E-state index contributed by atoms with van der Waals surface area (Å²) < 4.78 is 5.88. The third kappa shape index (κ3) is 3.45. The molecule has 0 saturated heterocycles. The van der Waals surface area contributed by atoms with Gasteiger partial charge in [-0.3, -0.25) is 4.79 Å². The molecule has 0 heterocycles. The largest absolute Gasteiger partial charge is 0.458 e. The van der Waals surface area contributed by atoms with Gasteiger partial charge in [-0.15, -0.1) is 0 Å². The lowest BCUT2D eigenvalue weighted by Gasteiger charge is -2.41. The molecule has 4 rings (SSSR count). The van der Waals surface area contributed by atoms with Gasteiger partial charge in [0.25, 0.3) is 6.47 Å². The zero-order valence-corrected chi connectivity index (χ0v) is 16.0. The van der Waals surface area contributed by atoms with Crippen LogP contribution in [-0.4, -0.2) is 6.47 Å². The summed E-state index contributed by atoms with van der Waals surface area (Å²) in [6.45, 7) is 0.557. The van der Waals surface area contributed by atoms with Crippen LogP contribution in [0.1, 0.15) is 28.4 Å². The van der Waals surface area contributed by atoms with Crippen molar-refractivity contribution in [2.45, 2.75) is 11.5 Å². The fraction of sp³-hybridized carbons (Fsp3) is 0.0741. The van der Waals surface area contributed by atoms with E-state index in [1.165, 1.54) is 0 Å². The van der Waals surface area contributed by atoms with E-state index in [-0.39, 0.29) is 0 Å². The van der Waals surface area contributed by atoms with Gasteiger partial charge in [-0.1, -0.05) is 121 Å². The molecule has 0 saturated carbocycles. The highest BCUT2D eigenvalue weighted by atomic mass is 16.5. The Kier molecular flexibility index (Phi) is 5.53. The monoisotopic (exact) mass is 378 g/mol. The molecular weight excluding hydrogens is 356 g/mol. The lowest BCUT2D eigenvalue weighted by molar-refractivity contribution is -0.136. The van der Waals surface area contributed by atoms with Crippen LogP contribution in [0.25, 0.3) is 0 Å². The lowest BCUT2D eigenvalue weighted by Crippen LogP contribution is -2.38. The second-order valence-corrected chi connectivity index (χ2v) is 6.93. The maximum Gasteiger partial charge on any atom is 0.293 e. The topological polar surface area (TPSA) is 26.3 Å². The molecule has 0 bridgehead atoms. The second kappa shape index (κ2) is 8.57. The van der Waals surface area contributed by atoms with Crippen LogP contribution in [0, 0.1) is 0 Å². The maximum absolute atomic E-state index is 11.7. The van der Waals surface area contributed by atoms with Gasteiger partial charge in [0.15, 0.2) is 0 Å². The van der Waals surface area contributed by atoms with Crippen LogP contribution < -0.4 is 0 Å². The molecule has 0 aliphatic heterocycles. The van der Waals surface area contributed by atoms with E-state index in [0.29, 0.717) is 6.47 Å². The van der Waals surface area contributed by atoms with Gasteiger partial charge in [-0.25, -0.2) is 0 Å². The Morgan fingerprint density at radius 2 is 0.897 bits per heavy atom. The SMILES string of the molecule is O=COC(c1ccccc1)C(c1ccccc1)(c1ccccc1)c1ccccc1. The molecule has 29 heavy (non-hydrogen) atoms. The summed E-state index contributed by atoms with van der Waals surface area (Å²) in [4.78, 5) is 11.7. The van der Waals surface area contributed by atoms with E-state index in [4.69, 9.17) is 4.74 Å². The first kappa shape index (κ1) is 18.7. The van der Waals surface area contributed by atoms with Gasteiger partial charge in [-0.05, 0) is 22.3 Å². The van der Waals surface area contributed by atoms with Gasteiger partial charge >= 0.3 is 0 Å². The molecule has 0 fully saturated rings. The number of rotatable bonds is 7. The summed E-state index contributed by atoms with van der Waals surface area (Å²) in [5, 5.41) is 0. The van der Waals surface area contributed by atoms with Gasteiger partial charge in [0, 0.05) is 0 Å². The van der Waals surface area contributed by atoms with Gasteiger partial charge in [0.2, 0.25) is 0 Å². The van der Waals surface area contributed by atoms with E-state index in [9.17, 15) is 4.79 Å². The van der Waals surface area contributed by atoms with Gasteiger partial charge in [0.1, 0.15) is 6.10 Å². The lowest BCUT2D eigenvalue weighted by atomic mass is 9.64. The van der Waals surface area contributed by atoms with E-state index in [1.54, 1.807) is 0 Å². The Hall–Kier alpha value is -3.65. The van der Waals surface area contributed by atoms with Crippen molar-refractivity contribution in [2.75, 3.05) is 0 Å². The van der Waals surface area contributed by atoms with Crippen LogP contribution in [-0.2, 0) is 14.9 Å². The number of hydrogen-bond donors (Lipinski definition) is 0. The second-order valence-electron chi connectivity index (χ2n) is 6.93. The standard InChI is InChI=1S/C27H22O2/c28-21-29-26(22-13-5-1-6-14-22)27(23-15-7-2-8-16-23,24-17-9-3-10-18-24)25-19-11-4-12-20-25/h1-21,26H. The number of ether oxygens (including phenoxy) is 1. The Balaban J connectivity index is 2.11. The fourth-order valence-corrected chi connectivity index (χ4v) is 4.17. The molecule has 0 aliphatic rings. The van der Waals surface area contributed by atoms with Crippen molar-refractivity contribution in [1.82, 2.24) is 0 Å². The average Bonchev–Trinajstić information content (AvgIpc) is 2.82. The molecule has 2 heteroatoms. The Labute approximate surface area is 171 Å². The van der Waals surface area contributed by atoms with Gasteiger partial charge in [-0.2, -0.15) is 0 Å². The molecule has 2 nitrogen and oxygen atoms in total. The van der Waals surface area contributed by atoms with E-state index in [1.807, 2.05) is 84.9 Å². The average molecular weight is 378 g/mol. The number of hydrogen-bond acceptors (Lipinski definition) is 2. The first-order valence-corrected chi connectivity index (χ1v) is 9.68. The molecule has 4 aromatic rings. The number of carbonyl (C=O) groups excluding carboxylic acids is 1. The van der Waals surface area contributed by atoms with E-state index in [2.05, 4.69) is 36.4 Å². The minimum absolute atomic E-state index is 0.534. The van der Waals surface area contributed by atoms with Crippen LogP contribution in [0.15, 0.2) is 121 Å². The van der Waals surface area contributed by atoms with E-state index >= 15 is 0 Å². The molecular formula is C27H22O2. The highest BCUT2D eigenvalue weighted by molar-refractivity contribution is 5.55. The molecule has 0 amide bonds. The summed E-state index contributed by atoms with van der Waals surface area (Å²) in [5.41, 5.74) is 3.43. The van der Waals surface area contributed by atoms with Gasteiger partial charge < -0.3 is 4.74 Å². The highest BCUT2D eigenvalue weighted by Crippen LogP contribution is 2.49. The quantitative estimate of drug-likeness (QED) is 0.294. The summed E-state index contributed by atoms with van der Waals surface area (Å²) >= 11 is 0. The molecule has 142 valence electrons. The van der Waals surface area contributed by atoms with Crippen molar-refractivity contribution in [2.24, 2.45) is 0 Å². The van der Waals surface area contributed by atoms with Crippen LogP contribution >= 0.6 is 0 Å². The summed E-state index contributed by atoms with van der Waals surface area (Å²) in [7, 11) is 0. The minimum Gasteiger partial charge on any atom is -0.458 e. The smallest absolute Gasteiger partial charge is 0.293 e. The third-order valence-electron chi connectivity index (χ3n) is 5.37. The zero-order valence-electron chi connectivity index (χ0n) is 16.0. The van der Waals surface area contributed by atoms with Crippen molar-refractivity contribution in [3.05, 3.63) is 144 Å². The molecule has 0 spiro atoms. The first-order chi connectivity index (χ1) is 14.4. The van der Waals surface area contributed by atoms with Crippen molar-refractivity contribution in [3.8, 4) is 0 Å². The van der Waals surface area contributed by atoms with E-state index in [0.717, 1.165) is 22.3 Å². The van der Waals surface area contributed by atoms with Crippen molar-refractivity contribution in [1.29, 1.82) is 0 Å².